The van der Waals surface area contributed by atoms with Gasteiger partial charge in [-0.25, -0.2) is 0 Å². The van der Waals surface area contributed by atoms with Gasteiger partial charge in [0.25, 0.3) is 0 Å². The lowest BCUT2D eigenvalue weighted by Gasteiger charge is -2.14. The highest BCUT2D eigenvalue weighted by Gasteiger charge is 2.15. The minimum Gasteiger partial charge on any atom is -0.496 e. The van der Waals surface area contributed by atoms with E-state index < -0.39 is 0 Å². The molecule has 0 N–H and O–H groups in total. The fourth-order valence-electron chi connectivity index (χ4n) is 2.37. The van der Waals surface area contributed by atoms with Crippen LogP contribution in [0, 0.1) is 0 Å². The van der Waals surface area contributed by atoms with Crippen LogP contribution in [-0.2, 0) is 17.6 Å². The van der Waals surface area contributed by atoms with E-state index in [2.05, 4.69) is 31.2 Å². The number of methoxy groups -OCH3 is 1. The summed E-state index contributed by atoms with van der Waals surface area (Å²) >= 11 is 0. The molecule has 0 spiro atoms. The minimum atomic E-state index is -0.168. The summed E-state index contributed by atoms with van der Waals surface area (Å²) in [6, 6.07) is 16.2. The summed E-state index contributed by atoms with van der Waals surface area (Å²) < 4.78 is 5.34. The number of carbonyl (C=O) groups is 1. The molecule has 0 saturated heterocycles. The van der Waals surface area contributed by atoms with Gasteiger partial charge in [0.05, 0.1) is 7.11 Å². The molecule has 2 aromatic rings. The minimum absolute atomic E-state index is 0.168. The average Bonchev–Trinajstić information content (AvgIpc) is 2.53. The van der Waals surface area contributed by atoms with E-state index in [4.69, 9.17) is 4.74 Å². The third-order valence-corrected chi connectivity index (χ3v) is 3.59. The number of carbonyl (C=O) groups excluding carboxylic acids is 1. The molecule has 2 nitrogen and oxygen atoms in total. The first-order chi connectivity index (χ1) is 9.78. The number of ether oxygens (including phenoxy) is 1. The van der Waals surface area contributed by atoms with Gasteiger partial charge in [-0.05, 0) is 30.0 Å². The Morgan fingerprint density at radius 2 is 1.70 bits per heavy atom. The Bertz CT molecular complexity index is 558. The van der Waals surface area contributed by atoms with E-state index in [9.17, 15) is 4.79 Å². The van der Waals surface area contributed by atoms with Gasteiger partial charge in [0.2, 0.25) is 0 Å². The maximum absolute atomic E-state index is 11.4. The van der Waals surface area contributed by atoms with Crippen LogP contribution < -0.4 is 4.74 Å². The second-order valence-electron chi connectivity index (χ2n) is 4.86. The van der Waals surface area contributed by atoms with Gasteiger partial charge in [-0.15, -0.1) is 0 Å². The molecule has 0 aromatic heterocycles. The van der Waals surface area contributed by atoms with Crippen LogP contribution in [0.3, 0.4) is 0 Å². The Kier molecular flexibility index (Phi) is 4.94. The van der Waals surface area contributed by atoms with Crippen molar-refractivity contribution in [2.75, 3.05) is 7.11 Å². The normalized spacial score (nSPS) is 11.9. The van der Waals surface area contributed by atoms with Gasteiger partial charge in [0, 0.05) is 11.5 Å². The van der Waals surface area contributed by atoms with Crippen molar-refractivity contribution in [3.63, 3.8) is 0 Å². The first-order valence-corrected chi connectivity index (χ1v) is 6.94. The van der Waals surface area contributed by atoms with E-state index in [1.54, 1.807) is 7.11 Å². The molecule has 0 aliphatic heterocycles. The van der Waals surface area contributed by atoms with Crippen molar-refractivity contribution in [1.82, 2.24) is 0 Å². The Morgan fingerprint density at radius 1 is 1.05 bits per heavy atom. The molecule has 2 aromatic carbocycles. The fourth-order valence-corrected chi connectivity index (χ4v) is 2.37. The van der Waals surface area contributed by atoms with Crippen LogP contribution >= 0.6 is 0 Å². The van der Waals surface area contributed by atoms with Crippen molar-refractivity contribution in [2.45, 2.75) is 25.7 Å². The number of para-hydroxylation sites is 1. The second kappa shape index (κ2) is 6.90. The maximum Gasteiger partial charge on any atom is 0.127 e. The Hall–Kier alpha value is -2.09. The number of rotatable bonds is 6. The lowest BCUT2D eigenvalue weighted by atomic mass is 9.92. The quantitative estimate of drug-likeness (QED) is 0.745. The van der Waals surface area contributed by atoms with Crippen molar-refractivity contribution >= 4 is 6.29 Å². The smallest absolute Gasteiger partial charge is 0.127 e. The summed E-state index contributed by atoms with van der Waals surface area (Å²) in [7, 11) is 1.64. The summed E-state index contributed by atoms with van der Waals surface area (Å²) in [4.78, 5) is 11.4. The van der Waals surface area contributed by atoms with Crippen LogP contribution in [0.1, 0.15) is 29.5 Å². The molecular weight excluding hydrogens is 248 g/mol. The molecule has 0 radical (unpaired) electrons. The molecule has 0 bridgehead atoms. The van der Waals surface area contributed by atoms with E-state index in [0.29, 0.717) is 6.42 Å². The molecule has 0 amide bonds. The van der Waals surface area contributed by atoms with E-state index in [0.717, 1.165) is 24.0 Å². The highest BCUT2D eigenvalue weighted by atomic mass is 16.5. The molecule has 0 fully saturated rings. The van der Waals surface area contributed by atoms with Gasteiger partial charge in [0.15, 0.2) is 0 Å². The topological polar surface area (TPSA) is 26.3 Å². The van der Waals surface area contributed by atoms with E-state index in [1.807, 2.05) is 24.3 Å². The molecule has 0 heterocycles. The molecule has 2 heteroatoms. The lowest BCUT2D eigenvalue weighted by Crippen LogP contribution is -2.06. The molecule has 2 rings (SSSR count). The van der Waals surface area contributed by atoms with Gasteiger partial charge >= 0.3 is 0 Å². The SMILES string of the molecule is CCc1ccc(CC(C=O)c2ccccc2OC)cc1. The van der Waals surface area contributed by atoms with E-state index >= 15 is 0 Å². The first kappa shape index (κ1) is 14.3. The standard InChI is InChI=1S/C18H20O2/c1-3-14-8-10-15(11-9-14)12-16(13-19)17-6-4-5-7-18(17)20-2/h4-11,13,16H,3,12H2,1-2H3. The van der Waals surface area contributed by atoms with Crippen molar-refractivity contribution in [2.24, 2.45) is 0 Å². The molecule has 20 heavy (non-hydrogen) atoms. The Balaban J connectivity index is 2.21. The van der Waals surface area contributed by atoms with Crippen molar-refractivity contribution in [3.05, 3.63) is 65.2 Å². The zero-order chi connectivity index (χ0) is 14.4. The van der Waals surface area contributed by atoms with Crippen LogP contribution in [0.25, 0.3) is 0 Å². The van der Waals surface area contributed by atoms with Crippen LogP contribution in [0.15, 0.2) is 48.5 Å². The fraction of sp³-hybridized carbons (Fsp3) is 0.278. The van der Waals surface area contributed by atoms with Crippen LogP contribution in [-0.4, -0.2) is 13.4 Å². The highest BCUT2D eigenvalue weighted by Crippen LogP contribution is 2.27. The summed E-state index contributed by atoms with van der Waals surface area (Å²) in [5.41, 5.74) is 3.43. The van der Waals surface area contributed by atoms with Crippen molar-refractivity contribution < 1.29 is 9.53 Å². The van der Waals surface area contributed by atoms with Gasteiger partial charge in [-0.2, -0.15) is 0 Å². The summed E-state index contributed by atoms with van der Waals surface area (Å²) in [6.45, 7) is 2.14. The zero-order valence-electron chi connectivity index (χ0n) is 12.0. The highest BCUT2D eigenvalue weighted by molar-refractivity contribution is 5.65. The van der Waals surface area contributed by atoms with Crippen LogP contribution in [0.4, 0.5) is 0 Å². The molecule has 104 valence electrons. The predicted molar refractivity (Wildman–Crippen MR) is 81.3 cm³/mol. The monoisotopic (exact) mass is 268 g/mol. The van der Waals surface area contributed by atoms with Crippen LogP contribution in [0.2, 0.25) is 0 Å². The van der Waals surface area contributed by atoms with E-state index in [1.165, 1.54) is 11.1 Å². The van der Waals surface area contributed by atoms with E-state index in [-0.39, 0.29) is 5.92 Å². The average molecular weight is 268 g/mol. The van der Waals surface area contributed by atoms with Gasteiger partial charge in [-0.1, -0.05) is 49.4 Å². The zero-order valence-corrected chi connectivity index (χ0v) is 12.0. The Labute approximate surface area is 120 Å². The number of hydrogen-bond acceptors (Lipinski definition) is 2. The van der Waals surface area contributed by atoms with Crippen molar-refractivity contribution in [1.29, 1.82) is 0 Å². The predicted octanol–water partition coefficient (Wildman–Crippen LogP) is 3.78. The number of aldehydes is 1. The second-order valence-corrected chi connectivity index (χ2v) is 4.86. The van der Waals surface area contributed by atoms with Gasteiger partial charge in [0.1, 0.15) is 12.0 Å². The summed E-state index contributed by atoms with van der Waals surface area (Å²) in [5.74, 6) is 0.605. The Morgan fingerprint density at radius 3 is 2.30 bits per heavy atom. The summed E-state index contributed by atoms with van der Waals surface area (Å²) in [5, 5.41) is 0. The first-order valence-electron chi connectivity index (χ1n) is 6.94. The number of hydrogen-bond donors (Lipinski definition) is 0. The molecular formula is C18H20O2. The third-order valence-electron chi connectivity index (χ3n) is 3.59. The molecule has 1 unspecified atom stereocenters. The maximum atomic E-state index is 11.4. The number of benzene rings is 2. The largest absolute Gasteiger partial charge is 0.496 e. The molecule has 0 aliphatic rings. The molecule has 1 atom stereocenters. The number of aryl methyl sites for hydroxylation is 1. The van der Waals surface area contributed by atoms with Gasteiger partial charge < -0.3 is 9.53 Å². The van der Waals surface area contributed by atoms with Gasteiger partial charge in [-0.3, -0.25) is 0 Å². The summed E-state index contributed by atoms with van der Waals surface area (Å²) in [6.07, 6.45) is 2.74. The third kappa shape index (κ3) is 3.27. The van der Waals surface area contributed by atoms with Crippen LogP contribution in [0.5, 0.6) is 5.75 Å². The molecule has 0 saturated carbocycles. The lowest BCUT2D eigenvalue weighted by molar-refractivity contribution is -0.109. The molecule has 0 aliphatic carbocycles. The van der Waals surface area contributed by atoms with Crippen molar-refractivity contribution in [3.8, 4) is 5.75 Å².